The van der Waals surface area contributed by atoms with E-state index >= 15 is 0 Å². The number of hydrogen-bond donors (Lipinski definition) is 2. The fourth-order valence-electron chi connectivity index (χ4n) is 1.60. The number of aromatic carboxylic acids is 1. The van der Waals surface area contributed by atoms with Gasteiger partial charge in [0.2, 0.25) is 0 Å². The lowest BCUT2D eigenvalue weighted by molar-refractivity contribution is 0.0696. The summed E-state index contributed by atoms with van der Waals surface area (Å²) in [7, 11) is 0. The van der Waals surface area contributed by atoms with Gasteiger partial charge >= 0.3 is 5.97 Å². The standard InChI is InChI=1S/C14H11FN2O3/c15-12-8-16-6-5-11(12)13(18)17-7-9-1-3-10(4-2-9)14(19)20/h1-6,8H,7H2,(H,17,18)(H,19,20). The van der Waals surface area contributed by atoms with Crippen LogP contribution < -0.4 is 5.32 Å². The topological polar surface area (TPSA) is 79.3 Å². The van der Waals surface area contributed by atoms with Gasteiger partial charge in [-0.15, -0.1) is 0 Å². The Morgan fingerprint density at radius 2 is 1.90 bits per heavy atom. The van der Waals surface area contributed by atoms with Crippen molar-refractivity contribution < 1.29 is 19.1 Å². The van der Waals surface area contributed by atoms with Crippen molar-refractivity contribution in [3.8, 4) is 0 Å². The van der Waals surface area contributed by atoms with E-state index in [0.29, 0.717) is 0 Å². The van der Waals surface area contributed by atoms with Crippen LogP contribution in [0.2, 0.25) is 0 Å². The van der Waals surface area contributed by atoms with Crippen LogP contribution in [0.3, 0.4) is 0 Å². The first-order valence-electron chi connectivity index (χ1n) is 5.78. The van der Waals surface area contributed by atoms with Crippen LogP contribution in [0.15, 0.2) is 42.7 Å². The van der Waals surface area contributed by atoms with Gasteiger partial charge in [-0.1, -0.05) is 12.1 Å². The molecule has 0 aliphatic heterocycles. The summed E-state index contributed by atoms with van der Waals surface area (Å²) in [6.45, 7) is 0.181. The summed E-state index contributed by atoms with van der Waals surface area (Å²) < 4.78 is 13.3. The number of amides is 1. The van der Waals surface area contributed by atoms with Crippen LogP contribution in [0, 0.1) is 5.82 Å². The molecule has 1 heterocycles. The first kappa shape index (κ1) is 13.7. The molecule has 6 heteroatoms. The van der Waals surface area contributed by atoms with E-state index in [4.69, 9.17) is 5.11 Å². The molecule has 0 unspecified atom stereocenters. The number of carboxylic acid groups (broad SMARTS) is 1. The quantitative estimate of drug-likeness (QED) is 0.891. The van der Waals surface area contributed by atoms with Gasteiger partial charge in [0.05, 0.1) is 17.3 Å². The lowest BCUT2D eigenvalue weighted by Gasteiger charge is -2.06. The van der Waals surface area contributed by atoms with Gasteiger partial charge in [-0.05, 0) is 23.8 Å². The summed E-state index contributed by atoms with van der Waals surface area (Å²) in [6.07, 6.45) is 2.30. The van der Waals surface area contributed by atoms with Crippen LogP contribution >= 0.6 is 0 Å². The highest BCUT2D eigenvalue weighted by Gasteiger charge is 2.10. The van der Waals surface area contributed by atoms with Crippen molar-refractivity contribution in [2.24, 2.45) is 0 Å². The highest BCUT2D eigenvalue weighted by Crippen LogP contribution is 2.07. The summed E-state index contributed by atoms with van der Waals surface area (Å²) in [5.74, 6) is -2.25. The SMILES string of the molecule is O=C(O)c1ccc(CNC(=O)c2ccncc2F)cc1. The molecule has 20 heavy (non-hydrogen) atoms. The predicted octanol–water partition coefficient (Wildman–Crippen LogP) is 1.85. The first-order valence-corrected chi connectivity index (χ1v) is 5.78. The summed E-state index contributed by atoms with van der Waals surface area (Å²) >= 11 is 0. The number of aromatic nitrogens is 1. The smallest absolute Gasteiger partial charge is 0.335 e. The summed E-state index contributed by atoms with van der Waals surface area (Å²) in [6, 6.07) is 7.35. The molecule has 0 bridgehead atoms. The summed E-state index contributed by atoms with van der Waals surface area (Å²) in [5, 5.41) is 11.3. The Hall–Kier alpha value is -2.76. The number of pyridine rings is 1. The molecule has 0 atom stereocenters. The molecule has 1 aromatic heterocycles. The van der Waals surface area contributed by atoms with E-state index in [1.54, 1.807) is 12.1 Å². The number of nitrogens with one attached hydrogen (secondary N) is 1. The Morgan fingerprint density at radius 3 is 2.50 bits per heavy atom. The first-order chi connectivity index (χ1) is 9.58. The third-order valence-electron chi connectivity index (χ3n) is 2.67. The van der Waals surface area contributed by atoms with Crippen LogP contribution in [0.25, 0.3) is 0 Å². The van der Waals surface area contributed by atoms with Gasteiger partial charge in [-0.25, -0.2) is 9.18 Å². The number of benzene rings is 1. The fraction of sp³-hybridized carbons (Fsp3) is 0.0714. The number of carbonyl (C=O) groups is 2. The van der Waals surface area contributed by atoms with Gasteiger partial charge < -0.3 is 10.4 Å². The largest absolute Gasteiger partial charge is 0.478 e. The van der Waals surface area contributed by atoms with Crippen LogP contribution in [0.4, 0.5) is 4.39 Å². The van der Waals surface area contributed by atoms with E-state index in [9.17, 15) is 14.0 Å². The monoisotopic (exact) mass is 274 g/mol. The number of halogens is 1. The van der Waals surface area contributed by atoms with Gasteiger partial charge in [0.25, 0.3) is 5.91 Å². The van der Waals surface area contributed by atoms with Crippen molar-refractivity contribution in [1.82, 2.24) is 10.3 Å². The number of carbonyl (C=O) groups excluding carboxylic acids is 1. The van der Waals surface area contributed by atoms with Gasteiger partial charge in [0.15, 0.2) is 5.82 Å². The molecule has 102 valence electrons. The van der Waals surface area contributed by atoms with E-state index in [2.05, 4.69) is 10.3 Å². The molecule has 0 aliphatic carbocycles. The minimum Gasteiger partial charge on any atom is -0.478 e. The van der Waals surface area contributed by atoms with Crippen molar-refractivity contribution in [3.05, 3.63) is 65.2 Å². The van der Waals surface area contributed by atoms with Crippen LogP contribution in [0.1, 0.15) is 26.3 Å². The van der Waals surface area contributed by atoms with Crippen LogP contribution in [-0.4, -0.2) is 22.0 Å². The van der Waals surface area contributed by atoms with Gasteiger partial charge in [-0.2, -0.15) is 0 Å². The Kier molecular flexibility index (Phi) is 4.05. The van der Waals surface area contributed by atoms with Crippen molar-refractivity contribution in [2.75, 3.05) is 0 Å². The zero-order valence-electron chi connectivity index (χ0n) is 10.3. The Morgan fingerprint density at radius 1 is 1.20 bits per heavy atom. The molecule has 0 spiro atoms. The van der Waals surface area contributed by atoms with Crippen molar-refractivity contribution >= 4 is 11.9 Å². The lowest BCUT2D eigenvalue weighted by atomic mass is 10.1. The molecule has 0 saturated heterocycles. The molecule has 2 N–H and O–H groups in total. The van der Waals surface area contributed by atoms with Gasteiger partial charge in [-0.3, -0.25) is 9.78 Å². The summed E-state index contributed by atoms with van der Waals surface area (Å²) in [4.78, 5) is 26.0. The normalized spacial score (nSPS) is 10.1. The Balaban J connectivity index is 2.00. The highest BCUT2D eigenvalue weighted by molar-refractivity contribution is 5.94. The Labute approximate surface area is 114 Å². The maximum absolute atomic E-state index is 13.3. The molecular formula is C14H11FN2O3. The highest BCUT2D eigenvalue weighted by atomic mass is 19.1. The second kappa shape index (κ2) is 5.92. The van der Waals surface area contributed by atoms with Crippen molar-refractivity contribution in [2.45, 2.75) is 6.54 Å². The second-order valence-corrected chi connectivity index (χ2v) is 4.04. The second-order valence-electron chi connectivity index (χ2n) is 4.04. The van der Waals surface area contributed by atoms with E-state index < -0.39 is 17.7 Å². The zero-order chi connectivity index (χ0) is 14.5. The van der Waals surface area contributed by atoms with E-state index in [-0.39, 0.29) is 17.7 Å². The third-order valence-corrected chi connectivity index (χ3v) is 2.67. The number of rotatable bonds is 4. The minimum atomic E-state index is -1.01. The predicted molar refractivity (Wildman–Crippen MR) is 68.8 cm³/mol. The van der Waals surface area contributed by atoms with Crippen LogP contribution in [0.5, 0.6) is 0 Å². The maximum Gasteiger partial charge on any atom is 0.335 e. The molecule has 0 aliphatic rings. The molecular weight excluding hydrogens is 263 g/mol. The summed E-state index contributed by atoms with van der Waals surface area (Å²) in [5.41, 5.74) is 0.806. The van der Waals surface area contributed by atoms with E-state index in [0.717, 1.165) is 11.8 Å². The van der Waals surface area contributed by atoms with Crippen molar-refractivity contribution in [1.29, 1.82) is 0 Å². The molecule has 0 radical (unpaired) electrons. The van der Waals surface area contributed by atoms with Gasteiger partial charge in [0.1, 0.15) is 0 Å². The molecule has 5 nitrogen and oxygen atoms in total. The van der Waals surface area contributed by atoms with E-state index in [1.807, 2.05) is 0 Å². The van der Waals surface area contributed by atoms with E-state index in [1.165, 1.54) is 24.4 Å². The molecule has 2 rings (SSSR count). The number of nitrogens with zero attached hydrogens (tertiary/aromatic N) is 1. The average Bonchev–Trinajstić information content (AvgIpc) is 2.45. The Bertz CT molecular complexity index is 641. The molecule has 1 amide bonds. The minimum absolute atomic E-state index is 0.0813. The molecule has 0 saturated carbocycles. The lowest BCUT2D eigenvalue weighted by Crippen LogP contribution is -2.23. The third kappa shape index (κ3) is 3.17. The number of hydrogen-bond acceptors (Lipinski definition) is 3. The van der Waals surface area contributed by atoms with Crippen LogP contribution in [-0.2, 0) is 6.54 Å². The number of carboxylic acids is 1. The zero-order valence-corrected chi connectivity index (χ0v) is 10.3. The molecule has 1 aromatic carbocycles. The maximum atomic E-state index is 13.3. The molecule has 0 fully saturated rings. The van der Waals surface area contributed by atoms with Crippen molar-refractivity contribution in [3.63, 3.8) is 0 Å². The fourth-order valence-corrected chi connectivity index (χ4v) is 1.60. The average molecular weight is 274 g/mol. The van der Waals surface area contributed by atoms with Gasteiger partial charge in [0, 0.05) is 12.7 Å². The molecule has 2 aromatic rings.